The van der Waals surface area contributed by atoms with Crippen molar-refractivity contribution in [3.8, 4) is 5.75 Å². The first-order chi connectivity index (χ1) is 32.2. The summed E-state index contributed by atoms with van der Waals surface area (Å²) in [5, 5.41) is 27.2. The van der Waals surface area contributed by atoms with E-state index in [-0.39, 0.29) is 41.7 Å². The molecule has 3 unspecified atom stereocenters. The third-order valence-electron chi connectivity index (χ3n) is 15.9. The second-order valence-electron chi connectivity index (χ2n) is 20.9. The number of rotatable bonds is 14. The number of nitrogens with zero attached hydrogens (tertiary/aromatic N) is 7. The molecule has 1 saturated carbocycles. The van der Waals surface area contributed by atoms with Crippen LogP contribution in [-0.2, 0) is 20.7 Å². The molecule has 362 valence electrons. The maximum Gasteiger partial charge on any atom is 0.318 e. The van der Waals surface area contributed by atoms with Crippen LogP contribution < -0.4 is 27.0 Å². The van der Waals surface area contributed by atoms with Crippen LogP contribution in [-0.4, -0.2) is 166 Å². The molecule has 1 aliphatic carbocycles. The molecule has 4 saturated heterocycles. The number of nitrogens with one attached hydrogen (secondary N) is 3. The highest BCUT2D eigenvalue weighted by Crippen LogP contribution is 2.51. The average molecular weight is 923 g/mol. The summed E-state index contributed by atoms with van der Waals surface area (Å²) in [5.41, 5.74) is 17.7. The number of urea groups is 1. The lowest BCUT2D eigenvalue weighted by Gasteiger charge is -2.61. The average Bonchev–Trinajstić information content (AvgIpc) is 3.88. The van der Waals surface area contributed by atoms with E-state index in [1.165, 1.54) is 5.56 Å². The number of benzene rings is 1. The molecule has 67 heavy (non-hydrogen) atoms. The number of carbonyl (C=O) groups excluding carboxylic acids is 3. The Balaban J connectivity index is 0.749. The Morgan fingerprint density at radius 1 is 1.04 bits per heavy atom. The van der Waals surface area contributed by atoms with E-state index in [1.807, 2.05) is 29.4 Å². The van der Waals surface area contributed by atoms with E-state index in [4.69, 9.17) is 26.2 Å². The predicted molar refractivity (Wildman–Crippen MR) is 256 cm³/mol. The molecule has 4 atom stereocenters. The summed E-state index contributed by atoms with van der Waals surface area (Å²) < 4.78 is 5.00. The van der Waals surface area contributed by atoms with Gasteiger partial charge in [0.15, 0.2) is 0 Å². The monoisotopic (exact) mass is 923 g/mol. The smallest absolute Gasteiger partial charge is 0.318 e. The topological polar surface area (TPSA) is 235 Å². The summed E-state index contributed by atoms with van der Waals surface area (Å²) in [6, 6.07) is 6.62. The van der Waals surface area contributed by atoms with Gasteiger partial charge in [-0.2, -0.15) is 0 Å². The number of aromatic hydroxyl groups is 1. The number of β-amino-alcohol motifs (C(OH)–C–C–N with tert-alkyl or cyclic N) is 1. The summed E-state index contributed by atoms with van der Waals surface area (Å²) in [5.74, 6) is 1.62. The summed E-state index contributed by atoms with van der Waals surface area (Å²) in [6.45, 7) is 15.1. The zero-order valence-electron chi connectivity index (χ0n) is 39.3. The van der Waals surface area contributed by atoms with Crippen LogP contribution in [0.5, 0.6) is 5.75 Å². The summed E-state index contributed by atoms with van der Waals surface area (Å²) in [7, 11) is 0. The van der Waals surface area contributed by atoms with Crippen molar-refractivity contribution in [3.63, 3.8) is 0 Å². The maximum atomic E-state index is 14.0. The first kappa shape index (κ1) is 46.7. The molecular weight excluding hydrogens is 853 g/mol. The maximum absolute atomic E-state index is 14.0. The number of anilines is 2. The fourth-order valence-electron chi connectivity index (χ4n) is 11.8. The number of hydrogen-bond acceptors (Lipinski definition) is 14. The number of aliphatic hydroxyl groups is 1. The Morgan fingerprint density at radius 3 is 2.49 bits per heavy atom. The van der Waals surface area contributed by atoms with Gasteiger partial charge in [-0.1, -0.05) is 26.0 Å². The lowest BCUT2D eigenvalue weighted by atomic mass is 9.60. The minimum Gasteiger partial charge on any atom is -0.507 e. The minimum atomic E-state index is -0.726. The molecule has 9 rings (SSSR count). The number of amides is 3. The molecule has 0 radical (unpaired) electrons. The first-order valence-corrected chi connectivity index (χ1v) is 24.3. The largest absolute Gasteiger partial charge is 0.507 e. The molecule has 18 nitrogen and oxygen atoms in total. The second kappa shape index (κ2) is 19.3. The van der Waals surface area contributed by atoms with Gasteiger partial charge in [-0.25, -0.2) is 14.8 Å². The Hall–Kier alpha value is -5.43. The molecule has 18 heteroatoms. The van der Waals surface area contributed by atoms with E-state index in [0.717, 1.165) is 94.7 Å². The number of phenolic OH excluding ortho intramolecular Hbond substituents is 1. The Labute approximate surface area is 393 Å². The number of aliphatic hydroxyl groups excluding tert-OH is 1. The van der Waals surface area contributed by atoms with Gasteiger partial charge in [0.25, 0.3) is 6.47 Å². The van der Waals surface area contributed by atoms with Crippen LogP contribution in [0.15, 0.2) is 36.7 Å². The van der Waals surface area contributed by atoms with Crippen molar-refractivity contribution in [3.05, 3.63) is 64.6 Å². The minimum absolute atomic E-state index is 0.0492. The van der Waals surface area contributed by atoms with Crippen LogP contribution in [0.1, 0.15) is 99.2 Å². The van der Waals surface area contributed by atoms with E-state index in [0.29, 0.717) is 80.5 Å². The number of para-hydroxylation sites is 1. The number of hydrogen-bond donors (Lipinski definition) is 7. The highest BCUT2D eigenvalue weighted by molar-refractivity contribution is 5.89. The molecule has 0 bridgehead atoms. The Kier molecular flexibility index (Phi) is 13.4. The van der Waals surface area contributed by atoms with Crippen molar-refractivity contribution in [1.82, 2.24) is 45.2 Å². The summed E-state index contributed by atoms with van der Waals surface area (Å²) in [4.78, 5) is 62.6. The van der Waals surface area contributed by atoms with Gasteiger partial charge in [-0.05, 0) is 100 Å². The van der Waals surface area contributed by atoms with Crippen molar-refractivity contribution in [1.29, 1.82) is 0 Å². The van der Waals surface area contributed by atoms with Gasteiger partial charge in [0.05, 0.1) is 18.2 Å². The molecule has 9 N–H and O–H groups in total. The van der Waals surface area contributed by atoms with E-state index >= 15 is 0 Å². The quantitative estimate of drug-likeness (QED) is 0.115. The van der Waals surface area contributed by atoms with Crippen molar-refractivity contribution < 1.29 is 29.3 Å². The predicted octanol–water partition coefficient (Wildman–Crippen LogP) is 2.85. The van der Waals surface area contributed by atoms with Gasteiger partial charge in [-0.15, -0.1) is 0 Å². The number of nitrogen functional groups attached to an aromatic ring is 1. The number of piperidine rings is 1. The second-order valence-corrected chi connectivity index (χ2v) is 20.9. The lowest BCUT2D eigenvalue weighted by molar-refractivity contribution is -0.136. The molecule has 3 aromatic rings. The zero-order chi connectivity index (χ0) is 47.0. The fourth-order valence-corrected chi connectivity index (χ4v) is 11.8. The van der Waals surface area contributed by atoms with Crippen molar-refractivity contribution in [2.24, 2.45) is 16.6 Å². The molecule has 6 aliphatic rings. The molecule has 2 aromatic heterocycles. The van der Waals surface area contributed by atoms with Crippen LogP contribution in [0.4, 0.5) is 16.6 Å². The molecule has 7 heterocycles. The third kappa shape index (κ3) is 9.81. The van der Waals surface area contributed by atoms with E-state index in [2.05, 4.69) is 51.1 Å². The standard InChI is InChI=1S/C49H70N12O6/c1-31-42-38(20-39(50)37-6-4-5-7-41(37)64)44(51)55-40(42)11-17-61(31)46-53-23-33(24-54-46)32-8-14-58(15-9-32)35-21-49(22-35)28-60(29-49)47(66)56-43(45(65)59-16-10-36(63)26-59)48(2,3)12-18-57-19-13-52-34(25-57)27-67-30-62/h4-7,20,23-24,30-32,34-36,43,52,55,63-64H,8-19,21-22,25-29,50-51H2,1-3H3,(H,56,66)/b39-20-/t31?,34-,36?,43?/m0/s1. The number of H-pyrrole nitrogens is 1. The number of carbonyl (C=O) groups is 3. The molecule has 3 amide bonds. The van der Waals surface area contributed by atoms with Crippen LogP contribution in [0.3, 0.4) is 0 Å². The number of aromatic nitrogens is 3. The Bertz CT molecular complexity index is 2280. The highest BCUT2D eigenvalue weighted by atomic mass is 16.5. The van der Waals surface area contributed by atoms with Gasteiger partial charge >= 0.3 is 6.03 Å². The highest BCUT2D eigenvalue weighted by Gasteiger charge is 2.56. The molecule has 1 spiro atoms. The van der Waals surface area contributed by atoms with Crippen molar-refractivity contribution in [2.45, 2.75) is 102 Å². The normalized spacial score (nSPS) is 24.5. The fraction of sp³-hybridized carbons (Fsp3) is 0.612. The van der Waals surface area contributed by atoms with Crippen LogP contribution in [0.25, 0.3) is 11.8 Å². The number of likely N-dealkylation sites (tertiary alicyclic amines) is 3. The summed E-state index contributed by atoms with van der Waals surface area (Å²) >= 11 is 0. The van der Waals surface area contributed by atoms with E-state index in [9.17, 15) is 24.6 Å². The number of ether oxygens (including phenoxy) is 1. The molecule has 5 fully saturated rings. The summed E-state index contributed by atoms with van der Waals surface area (Å²) in [6.07, 6.45) is 11.5. The first-order valence-electron chi connectivity index (χ1n) is 24.3. The van der Waals surface area contributed by atoms with Gasteiger partial charge in [0.2, 0.25) is 11.9 Å². The van der Waals surface area contributed by atoms with Gasteiger partial charge in [0.1, 0.15) is 24.2 Å². The number of aromatic amines is 1. The van der Waals surface area contributed by atoms with E-state index in [1.54, 1.807) is 23.1 Å². The van der Waals surface area contributed by atoms with Crippen molar-refractivity contribution in [2.75, 3.05) is 89.2 Å². The third-order valence-corrected chi connectivity index (χ3v) is 15.9. The molecule has 1 aromatic carbocycles. The van der Waals surface area contributed by atoms with Crippen LogP contribution in [0.2, 0.25) is 0 Å². The molecule has 5 aliphatic heterocycles. The van der Waals surface area contributed by atoms with E-state index < -0.39 is 17.6 Å². The zero-order valence-corrected chi connectivity index (χ0v) is 39.3. The van der Waals surface area contributed by atoms with Crippen LogP contribution in [0, 0.1) is 10.8 Å². The lowest BCUT2D eigenvalue weighted by Crippen LogP contribution is -2.70. The Morgan fingerprint density at radius 2 is 1.79 bits per heavy atom. The van der Waals surface area contributed by atoms with Crippen LogP contribution >= 0.6 is 0 Å². The van der Waals surface area contributed by atoms with Crippen molar-refractivity contribution >= 4 is 41.9 Å². The van der Waals surface area contributed by atoms with Gasteiger partial charge in [0, 0.05) is 111 Å². The number of fused-ring (bicyclic) bond motifs is 1. The number of nitrogens with two attached hydrogens (primary N) is 2. The number of phenols is 1. The van der Waals surface area contributed by atoms with Gasteiger partial charge in [-0.3, -0.25) is 9.59 Å². The molecular formula is C49H70N12O6. The SMILES string of the molecule is CC1c2c([nH]c(N)c2/C=C(\N)c2ccccc2O)CCN1c1ncc(C2CCN(C3CC4(C3)CN(C(=O)NC(C(=O)N3CCC(O)C3)C(C)(C)CCN3CCN[C@H](COC=O)C3)C4)CC2)cn1. The number of piperazine rings is 1. The van der Waals surface area contributed by atoms with Gasteiger partial charge < -0.3 is 66.5 Å².